The predicted molar refractivity (Wildman–Crippen MR) is 215 cm³/mol. The molecule has 2 saturated heterocycles. The van der Waals surface area contributed by atoms with Gasteiger partial charge in [-0.25, -0.2) is 9.80 Å². The van der Waals surface area contributed by atoms with Crippen molar-refractivity contribution in [2.75, 3.05) is 57.2 Å². The molecule has 7 aromatic rings. The molecule has 0 bridgehead atoms. The number of carbonyl (C=O) groups is 4. The summed E-state index contributed by atoms with van der Waals surface area (Å²) in [5, 5.41) is 6.65. The second kappa shape index (κ2) is 10.9. The maximum absolute atomic E-state index is 14.6. The predicted octanol–water partition coefficient (Wildman–Crippen LogP) is 7.70. The fourth-order valence-corrected chi connectivity index (χ4v) is 9.56. The third-order valence-electron chi connectivity index (χ3n) is 12.0. The topological polar surface area (TPSA) is 133 Å². The first-order valence-corrected chi connectivity index (χ1v) is 18.6. The second-order valence-electron chi connectivity index (χ2n) is 14.9. The van der Waals surface area contributed by atoms with Crippen LogP contribution in [0.25, 0.3) is 43.1 Å². The van der Waals surface area contributed by atoms with Crippen molar-refractivity contribution in [2.24, 2.45) is 0 Å². The largest absolute Gasteiger partial charge is 0.399 e. The second-order valence-corrected chi connectivity index (χ2v) is 14.9. The van der Waals surface area contributed by atoms with Crippen molar-refractivity contribution in [1.29, 1.82) is 0 Å². The van der Waals surface area contributed by atoms with Gasteiger partial charge in [-0.1, -0.05) is 12.1 Å². The molecule has 4 aliphatic heterocycles. The highest BCUT2D eigenvalue weighted by molar-refractivity contribution is 6.47. The maximum atomic E-state index is 14.6. The van der Waals surface area contributed by atoms with E-state index >= 15 is 0 Å². The summed E-state index contributed by atoms with van der Waals surface area (Å²) in [6.07, 6.45) is 4.06. The van der Waals surface area contributed by atoms with Crippen LogP contribution < -0.4 is 31.1 Å². The monoisotopic (exact) mass is 710 g/mol. The van der Waals surface area contributed by atoms with Gasteiger partial charge in [0, 0.05) is 92.4 Å². The van der Waals surface area contributed by atoms with Crippen LogP contribution >= 0.6 is 0 Å². The number of nitrogens with zero attached hydrogens (tertiary/aromatic N) is 4. The molecule has 2 fully saturated rings. The molecule has 0 atom stereocenters. The Kier molecular flexibility index (Phi) is 6.25. The highest BCUT2D eigenvalue weighted by Crippen LogP contribution is 2.53. The molecule has 0 spiro atoms. The standard InChI is InChI=1S/C44H34N6O4/c45-23-5-9-25(10-6-23)49-41(51)29-16-14-28-38-34(48-19-3-4-20-48)22-32-36-30(42(52)50(44(32)54)26-11-7-24(46)8-12-26)15-13-27(40(36)38)37-33(47-17-1-2-18-47)21-31(43(49)53)35(29)39(28)37/h5-16,21-22H,1-4,17-20,45-46H2. The highest BCUT2D eigenvalue weighted by Gasteiger charge is 2.40. The summed E-state index contributed by atoms with van der Waals surface area (Å²) < 4.78 is 0. The Labute approximate surface area is 309 Å². The van der Waals surface area contributed by atoms with E-state index < -0.39 is 11.8 Å². The number of amides is 4. The fraction of sp³-hybridized carbons (Fsp3) is 0.182. The minimum absolute atomic E-state index is 0.379. The van der Waals surface area contributed by atoms with Crippen molar-refractivity contribution in [1.82, 2.24) is 0 Å². The van der Waals surface area contributed by atoms with Crippen LogP contribution in [0.3, 0.4) is 0 Å². The van der Waals surface area contributed by atoms with Crippen molar-refractivity contribution < 1.29 is 19.2 Å². The molecule has 10 heteroatoms. The zero-order chi connectivity index (χ0) is 36.6. The molecule has 0 unspecified atom stereocenters. The minimum Gasteiger partial charge on any atom is -0.399 e. The average Bonchev–Trinajstić information content (AvgIpc) is 3.93. The lowest BCUT2D eigenvalue weighted by Gasteiger charge is -2.33. The summed E-state index contributed by atoms with van der Waals surface area (Å²) in [6.45, 7) is 3.29. The summed E-state index contributed by atoms with van der Waals surface area (Å²) in [6, 6.07) is 25.2. The molecule has 54 heavy (non-hydrogen) atoms. The van der Waals surface area contributed by atoms with Crippen LogP contribution in [0.4, 0.5) is 34.1 Å². The van der Waals surface area contributed by atoms with Gasteiger partial charge in [0.2, 0.25) is 0 Å². The number of nitrogens with two attached hydrogens (primary N) is 2. The van der Waals surface area contributed by atoms with E-state index in [0.29, 0.717) is 55.8 Å². The number of hydrogen-bond donors (Lipinski definition) is 2. The van der Waals surface area contributed by atoms with E-state index in [0.717, 1.165) is 95.6 Å². The number of imide groups is 2. The van der Waals surface area contributed by atoms with Crippen molar-refractivity contribution in [3.8, 4) is 0 Å². The van der Waals surface area contributed by atoms with E-state index in [2.05, 4.69) is 9.80 Å². The van der Waals surface area contributed by atoms with Gasteiger partial charge in [-0.15, -0.1) is 0 Å². The number of rotatable bonds is 4. The smallest absolute Gasteiger partial charge is 0.266 e. The van der Waals surface area contributed by atoms with E-state index in [1.54, 1.807) is 48.5 Å². The van der Waals surface area contributed by atoms with Gasteiger partial charge in [0.1, 0.15) is 0 Å². The Morgan fingerprint density at radius 3 is 1.11 bits per heavy atom. The number of anilines is 6. The molecule has 11 rings (SSSR count). The molecule has 4 heterocycles. The number of nitrogen functional groups attached to an aromatic ring is 2. The quantitative estimate of drug-likeness (QED) is 0.0822. The summed E-state index contributed by atoms with van der Waals surface area (Å²) in [5.74, 6) is -1.54. The van der Waals surface area contributed by atoms with Crippen LogP contribution in [-0.2, 0) is 0 Å². The Balaban J connectivity index is 1.28. The van der Waals surface area contributed by atoms with Gasteiger partial charge in [0.05, 0.1) is 22.5 Å². The number of benzene rings is 7. The van der Waals surface area contributed by atoms with Gasteiger partial charge in [0.25, 0.3) is 23.6 Å². The van der Waals surface area contributed by atoms with Crippen LogP contribution in [0.15, 0.2) is 84.9 Å². The van der Waals surface area contributed by atoms with Gasteiger partial charge in [0.15, 0.2) is 0 Å². The first-order chi connectivity index (χ1) is 26.3. The normalized spacial score (nSPS) is 17.2. The lowest BCUT2D eigenvalue weighted by atomic mass is 9.80. The maximum Gasteiger partial charge on any atom is 0.266 e. The molecule has 7 aromatic carbocycles. The first kappa shape index (κ1) is 30.9. The number of fused-ring (bicyclic) bond motifs is 2. The molecule has 0 aromatic heterocycles. The first-order valence-electron chi connectivity index (χ1n) is 18.6. The highest BCUT2D eigenvalue weighted by atomic mass is 16.2. The van der Waals surface area contributed by atoms with Crippen LogP contribution in [0.5, 0.6) is 0 Å². The van der Waals surface area contributed by atoms with Gasteiger partial charge in [-0.05, 0) is 109 Å². The molecule has 4 aliphatic rings. The van der Waals surface area contributed by atoms with Crippen molar-refractivity contribution in [3.63, 3.8) is 0 Å². The molecule has 264 valence electrons. The van der Waals surface area contributed by atoms with E-state index in [-0.39, 0.29) is 11.8 Å². The van der Waals surface area contributed by atoms with Crippen LogP contribution in [-0.4, -0.2) is 49.8 Å². The minimum atomic E-state index is -0.390. The summed E-state index contributed by atoms with van der Waals surface area (Å²) in [7, 11) is 0. The van der Waals surface area contributed by atoms with Crippen LogP contribution in [0, 0.1) is 0 Å². The molecule has 0 saturated carbocycles. The van der Waals surface area contributed by atoms with Gasteiger partial charge >= 0.3 is 0 Å². The van der Waals surface area contributed by atoms with Gasteiger partial charge in [-0.3, -0.25) is 19.2 Å². The average molecular weight is 711 g/mol. The van der Waals surface area contributed by atoms with Gasteiger partial charge < -0.3 is 21.3 Å². The van der Waals surface area contributed by atoms with Gasteiger partial charge in [-0.2, -0.15) is 0 Å². The molecular formula is C44H34N6O4. The Bertz CT molecular complexity index is 2640. The third-order valence-corrected chi connectivity index (χ3v) is 12.0. The zero-order valence-corrected chi connectivity index (χ0v) is 29.3. The van der Waals surface area contributed by atoms with Crippen molar-refractivity contribution in [2.45, 2.75) is 25.7 Å². The number of hydrogen-bond acceptors (Lipinski definition) is 8. The molecule has 4 N–H and O–H groups in total. The SMILES string of the molecule is Nc1ccc(N2C(=O)c3ccc4c5c(N6CCCC6)cc6c7c(ccc(c8c(N9CCCC9)cc(c3c48)C2=O)c75)C(=O)N(c2ccc(N)cc2)C6=O)cc1. The molecule has 10 nitrogen and oxygen atoms in total. The zero-order valence-electron chi connectivity index (χ0n) is 29.3. The molecular weight excluding hydrogens is 677 g/mol. The van der Waals surface area contributed by atoms with E-state index in [9.17, 15) is 19.2 Å². The summed E-state index contributed by atoms with van der Waals surface area (Å²) in [5.41, 5.74) is 17.7. The fourth-order valence-electron chi connectivity index (χ4n) is 9.56. The Morgan fingerprint density at radius 2 is 0.741 bits per heavy atom. The lowest BCUT2D eigenvalue weighted by Crippen LogP contribution is -2.41. The summed E-state index contributed by atoms with van der Waals surface area (Å²) >= 11 is 0. The number of carbonyl (C=O) groups excluding carboxylic acids is 4. The molecule has 0 radical (unpaired) electrons. The van der Waals surface area contributed by atoms with Crippen LogP contribution in [0.2, 0.25) is 0 Å². The van der Waals surface area contributed by atoms with E-state index in [1.807, 2.05) is 36.4 Å². The molecule has 4 amide bonds. The van der Waals surface area contributed by atoms with Crippen LogP contribution in [0.1, 0.15) is 67.1 Å². The summed E-state index contributed by atoms with van der Waals surface area (Å²) in [4.78, 5) is 65.3. The molecule has 0 aliphatic carbocycles. The third kappa shape index (κ3) is 3.99. The lowest BCUT2D eigenvalue weighted by molar-refractivity contribution is 0.0877. The van der Waals surface area contributed by atoms with E-state index in [1.165, 1.54) is 9.80 Å². The van der Waals surface area contributed by atoms with E-state index in [4.69, 9.17) is 11.5 Å². The van der Waals surface area contributed by atoms with Crippen molar-refractivity contribution >= 4 is 101 Å². The Hall–Kier alpha value is -6.68. The Morgan fingerprint density at radius 1 is 0.389 bits per heavy atom. The van der Waals surface area contributed by atoms with Crippen molar-refractivity contribution in [3.05, 3.63) is 107 Å².